The Morgan fingerprint density at radius 1 is 0.967 bits per heavy atom. The smallest absolute Gasteiger partial charge is 0.170 e. The van der Waals surface area contributed by atoms with E-state index < -0.39 is 6.10 Å². The van der Waals surface area contributed by atoms with Gasteiger partial charge in [-0.1, -0.05) is 23.2 Å². The van der Waals surface area contributed by atoms with Crippen molar-refractivity contribution in [3.05, 3.63) is 58.6 Å². The Hall–Kier alpha value is -1.79. The standard InChI is InChI=1S/C23H27Cl2NO4/c24-18-1-5-22(6-2-18)29-15-20(27)13-17-9-11-26(12-10-17)14-21(28)16-30-23-7-3-19(25)4-8-23/h1-8,17,21,28H,9-16H2. The minimum Gasteiger partial charge on any atom is -0.491 e. The molecule has 7 heteroatoms. The summed E-state index contributed by atoms with van der Waals surface area (Å²) in [5, 5.41) is 11.5. The van der Waals surface area contributed by atoms with Crippen LogP contribution in [0.2, 0.25) is 10.0 Å². The first-order valence-electron chi connectivity index (χ1n) is 10.2. The summed E-state index contributed by atoms with van der Waals surface area (Å²) < 4.78 is 11.1. The van der Waals surface area contributed by atoms with Crippen LogP contribution in [-0.2, 0) is 4.79 Å². The minimum atomic E-state index is -0.563. The van der Waals surface area contributed by atoms with Gasteiger partial charge in [-0.15, -0.1) is 0 Å². The topological polar surface area (TPSA) is 59.0 Å². The molecular weight excluding hydrogens is 425 g/mol. The van der Waals surface area contributed by atoms with Gasteiger partial charge in [0.1, 0.15) is 30.8 Å². The van der Waals surface area contributed by atoms with Crippen molar-refractivity contribution in [2.75, 3.05) is 32.8 Å². The van der Waals surface area contributed by atoms with Gasteiger partial charge < -0.3 is 19.5 Å². The number of piperidine rings is 1. The fourth-order valence-electron chi connectivity index (χ4n) is 3.52. The Morgan fingerprint density at radius 3 is 2.07 bits per heavy atom. The second kappa shape index (κ2) is 11.6. The number of carbonyl (C=O) groups is 1. The van der Waals surface area contributed by atoms with Crippen molar-refractivity contribution in [2.45, 2.75) is 25.4 Å². The maximum absolute atomic E-state index is 12.2. The molecule has 1 aliphatic rings. The SMILES string of the molecule is O=C(COc1ccc(Cl)cc1)CC1CCN(CC(O)COc2ccc(Cl)cc2)CC1. The van der Waals surface area contributed by atoms with Crippen molar-refractivity contribution in [3.63, 3.8) is 0 Å². The molecule has 0 bridgehead atoms. The van der Waals surface area contributed by atoms with Crippen LogP contribution < -0.4 is 9.47 Å². The number of nitrogens with zero attached hydrogens (tertiary/aromatic N) is 1. The van der Waals surface area contributed by atoms with Gasteiger partial charge in [0.2, 0.25) is 0 Å². The van der Waals surface area contributed by atoms with Crippen LogP contribution in [0.4, 0.5) is 0 Å². The number of aliphatic hydroxyl groups is 1. The van der Waals surface area contributed by atoms with E-state index in [9.17, 15) is 9.90 Å². The summed E-state index contributed by atoms with van der Waals surface area (Å²) in [6.45, 7) is 2.63. The molecule has 1 N–H and O–H groups in total. The van der Waals surface area contributed by atoms with Crippen molar-refractivity contribution in [2.24, 2.45) is 5.92 Å². The molecule has 0 aromatic heterocycles. The highest BCUT2D eigenvalue weighted by Gasteiger charge is 2.23. The largest absolute Gasteiger partial charge is 0.491 e. The van der Waals surface area contributed by atoms with Gasteiger partial charge in [-0.05, 0) is 80.4 Å². The zero-order valence-electron chi connectivity index (χ0n) is 16.8. The molecule has 2 aromatic carbocycles. The lowest BCUT2D eigenvalue weighted by molar-refractivity contribution is -0.122. The van der Waals surface area contributed by atoms with Crippen LogP contribution in [0, 0.1) is 5.92 Å². The van der Waals surface area contributed by atoms with Crippen LogP contribution in [0.5, 0.6) is 11.5 Å². The average molecular weight is 452 g/mol. The first-order valence-corrected chi connectivity index (χ1v) is 10.9. The van der Waals surface area contributed by atoms with Gasteiger partial charge in [-0.3, -0.25) is 4.79 Å². The highest BCUT2D eigenvalue weighted by Crippen LogP contribution is 2.22. The zero-order chi connectivity index (χ0) is 21.3. The summed E-state index contributed by atoms with van der Waals surface area (Å²) in [7, 11) is 0. The van der Waals surface area contributed by atoms with Crippen molar-refractivity contribution in [1.82, 2.24) is 4.90 Å². The minimum absolute atomic E-state index is 0.0859. The summed E-state index contributed by atoms with van der Waals surface area (Å²) >= 11 is 11.7. The Morgan fingerprint density at radius 2 is 1.50 bits per heavy atom. The van der Waals surface area contributed by atoms with Crippen molar-refractivity contribution in [1.29, 1.82) is 0 Å². The molecule has 1 atom stereocenters. The van der Waals surface area contributed by atoms with E-state index in [1.54, 1.807) is 48.5 Å². The van der Waals surface area contributed by atoms with E-state index in [0.717, 1.165) is 25.9 Å². The quantitative estimate of drug-likeness (QED) is 0.576. The van der Waals surface area contributed by atoms with Crippen molar-refractivity contribution >= 4 is 29.0 Å². The molecule has 162 valence electrons. The Kier molecular flexibility index (Phi) is 8.82. The number of halogens is 2. The fraction of sp³-hybridized carbons (Fsp3) is 0.435. The summed E-state index contributed by atoms with van der Waals surface area (Å²) in [4.78, 5) is 14.4. The third-order valence-corrected chi connectivity index (χ3v) is 5.67. The van der Waals surface area contributed by atoms with Crippen LogP contribution in [0.15, 0.2) is 48.5 Å². The summed E-state index contributed by atoms with van der Waals surface area (Å²) in [5.74, 6) is 1.82. The number of β-amino-alcohol motifs (C(OH)–C–C–N with tert-alkyl or cyclic N) is 1. The molecule has 1 fully saturated rings. The van der Waals surface area contributed by atoms with E-state index >= 15 is 0 Å². The molecule has 0 amide bonds. The number of rotatable bonds is 10. The molecule has 30 heavy (non-hydrogen) atoms. The van der Waals surface area contributed by atoms with Crippen LogP contribution in [0.1, 0.15) is 19.3 Å². The van der Waals surface area contributed by atoms with Gasteiger partial charge in [-0.25, -0.2) is 0 Å². The van der Waals surface area contributed by atoms with Gasteiger partial charge >= 0.3 is 0 Å². The van der Waals surface area contributed by atoms with Crippen LogP contribution in [0.3, 0.4) is 0 Å². The van der Waals surface area contributed by atoms with Crippen LogP contribution in [0.25, 0.3) is 0 Å². The van der Waals surface area contributed by atoms with Gasteiger partial charge in [0, 0.05) is 23.0 Å². The maximum atomic E-state index is 12.2. The average Bonchev–Trinajstić information content (AvgIpc) is 2.74. The van der Waals surface area contributed by atoms with E-state index in [4.69, 9.17) is 32.7 Å². The third-order valence-electron chi connectivity index (χ3n) is 5.16. The third kappa shape index (κ3) is 7.80. The molecular formula is C23H27Cl2NO4. The molecule has 0 radical (unpaired) electrons. The van der Waals surface area contributed by atoms with Crippen molar-refractivity contribution in [3.8, 4) is 11.5 Å². The number of likely N-dealkylation sites (tertiary alicyclic amines) is 1. The van der Waals surface area contributed by atoms with Gasteiger partial charge in [0.15, 0.2) is 5.78 Å². The van der Waals surface area contributed by atoms with Crippen LogP contribution >= 0.6 is 23.2 Å². The van der Waals surface area contributed by atoms with Crippen molar-refractivity contribution < 1.29 is 19.4 Å². The molecule has 0 spiro atoms. The van der Waals surface area contributed by atoms with Gasteiger partial charge in [-0.2, -0.15) is 0 Å². The summed E-state index contributed by atoms with van der Waals surface area (Å²) in [6.07, 6.45) is 1.85. The van der Waals surface area contributed by atoms with Gasteiger partial charge in [0.05, 0.1) is 0 Å². The molecule has 1 aliphatic heterocycles. The van der Waals surface area contributed by atoms with Crippen LogP contribution in [-0.4, -0.2) is 54.7 Å². The number of aliphatic hydroxyl groups excluding tert-OH is 1. The number of hydrogen-bond donors (Lipinski definition) is 1. The summed E-state index contributed by atoms with van der Waals surface area (Å²) in [6, 6.07) is 14.1. The molecule has 1 unspecified atom stereocenters. The second-order valence-corrected chi connectivity index (χ2v) is 8.52. The highest BCUT2D eigenvalue weighted by molar-refractivity contribution is 6.30. The Bertz CT molecular complexity index is 790. The normalized spacial score (nSPS) is 16.2. The number of ketones is 1. The second-order valence-electron chi connectivity index (χ2n) is 7.65. The molecule has 1 heterocycles. The number of hydrogen-bond acceptors (Lipinski definition) is 5. The first-order chi connectivity index (χ1) is 14.5. The zero-order valence-corrected chi connectivity index (χ0v) is 18.3. The van der Waals surface area contributed by atoms with E-state index in [1.165, 1.54) is 0 Å². The molecule has 0 saturated carbocycles. The van der Waals surface area contributed by atoms with E-state index in [1.807, 2.05) is 0 Å². The van der Waals surface area contributed by atoms with Gasteiger partial charge in [0.25, 0.3) is 0 Å². The monoisotopic (exact) mass is 451 g/mol. The fourth-order valence-corrected chi connectivity index (χ4v) is 3.77. The van der Waals surface area contributed by atoms with E-state index in [-0.39, 0.29) is 19.0 Å². The lowest BCUT2D eigenvalue weighted by Crippen LogP contribution is -2.41. The molecule has 2 aromatic rings. The lowest BCUT2D eigenvalue weighted by atomic mass is 9.91. The lowest BCUT2D eigenvalue weighted by Gasteiger charge is -2.32. The number of Topliss-reactive ketones (excluding diaryl/α,β-unsaturated/α-hetero) is 1. The maximum Gasteiger partial charge on any atom is 0.170 e. The molecule has 5 nitrogen and oxygen atoms in total. The molecule has 1 saturated heterocycles. The number of ether oxygens (including phenoxy) is 2. The Balaban J connectivity index is 1.30. The predicted octanol–water partition coefficient (Wildman–Crippen LogP) is 4.48. The summed E-state index contributed by atoms with van der Waals surface area (Å²) in [5.41, 5.74) is 0. The predicted molar refractivity (Wildman–Crippen MR) is 119 cm³/mol. The van der Waals surface area contributed by atoms with E-state index in [0.29, 0.717) is 40.4 Å². The molecule has 3 rings (SSSR count). The van der Waals surface area contributed by atoms with E-state index in [2.05, 4.69) is 4.90 Å². The molecule has 0 aliphatic carbocycles. The number of carbonyl (C=O) groups excluding carboxylic acids is 1. The highest BCUT2D eigenvalue weighted by atomic mass is 35.5. The Labute approximate surface area is 187 Å². The number of benzene rings is 2. The first kappa shape index (κ1) is 22.9.